The summed E-state index contributed by atoms with van der Waals surface area (Å²) in [4.78, 5) is 27.9. The average Bonchev–Trinajstić information content (AvgIpc) is 2.95. The molecule has 204 valence electrons. The molecule has 1 aliphatic heterocycles. The van der Waals surface area contributed by atoms with Gasteiger partial charge in [-0.15, -0.1) is 0 Å². The number of halogens is 3. The van der Waals surface area contributed by atoms with Gasteiger partial charge in [-0.1, -0.05) is 102 Å². The van der Waals surface area contributed by atoms with E-state index in [-0.39, 0.29) is 5.91 Å². The second-order valence-electron chi connectivity index (χ2n) is 8.77. The van der Waals surface area contributed by atoms with Crippen molar-refractivity contribution in [1.82, 2.24) is 10.2 Å². The standard InChI is InChI=1S/C29H27Cl3N2O5/c1-37-22-13-9-20(10-14-22)26(21-11-15-23(38-2)16-12-21)34-24(17-8-19-6-4-3-5-7-19)25(27(34)35)33-28(36)39-18-29(30,31)32/h3-17,24-26H,18H2,1-2H3,(H,33,36)/b17-8+. The van der Waals surface area contributed by atoms with Crippen LogP contribution in [0.3, 0.4) is 0 Å². The minimum absolute atomic E-state index is 0.291. The summed E-state index contributed by atoms with van der Waals surface area (Å²) >= 11 is 17.1. The summed E-state index contributed by atoms with van der Waals surface area (Å²) in [5, 5.41) is 2.63. The number of rotatable bonds is 9. The Balaban J connectivity index is 1.69. The van der Waals surface area contributed by atoms with Crippen molar-refractivity contribution in [1.29, 1.82) is 0 Å². The molecule has 39 heavy (non-hydrogen) atoms. The fraction of sp³-hybridized carbons (Fsp3) is 0.241. The first-order valence-electron chi connectivity index (χ1n) is 12.0. The summed E-state index contributed by atoms with van der Waals surface area (Å²) in [7, 11) is 3.19. The number of nitrogens with one attached hydrogen (secondary N) is 1. The molecule has 1 fully saturated rings. The molecule has 1 N–H and O–H groups in total. The molecule has 4 rings (SSSR count). The summed E-state index contributed by atoms with van der Waals surface area (Å²) in [6, 6.07) is 22.8. The number of benzene rings is 3. The summed E-state index contributed by atoms with van der Waals surface area (Å²) < 4.78 is 13.9. The number of amides is 2. The fourth-order valence-corrected chi connectivity index (χ4v) is 4.52. The van der Waals surface area contributed by atoms with Gasteiger partial charge < -0.3 is 24.4 Å². The third kappa shape index (κ3) is 7.18. The van der Waals surface area contributed by atoms with Crippen LogP contribution >= 0.6 is 34.8 Å². The van der Waals surface area contributed by atoms with Crippen LogP contribution in [0.2, 0.25) is 0 Å². The minimum Gasteiger partial charge on any atom is -0.497 e. The quantitative estimate of drug-likeness (QED) is 0.238. The van der Waals surface area contributed by atoms with Gasteiger partial charge in [0.1, 0.15) is 24.1 Å². The number of hydrogen-bond acceptors (Lipinski definition) is 5. The Bertz CT molecular complexity index is 1250. The number of hydrogen-bond donors (Lipinski definition) is 1. The molecule has 0 aromatic heterocycles. The Morgan fingerprint density at radius 2 is 1.46 bits per heavy atom. The lowest BCUT2D eigenvalue weighted by Gasteiger charge is -2.50. The van der Waals surface area contributed by atoms with Crippen LogP contribution in [0.15, 0.2) is 84.9 Å². The van der Waals surface area contributed by atoms with Gasteiger partial charge in [0.25, 0.3) is 0 Å². The van der Waals surface area contributed by atoms with Crippen LogP contribution in [0.25, 0.3) is 6.08 Å². The molecular formula is C29H27Cl3N2O5. The molecule has 1 heterocycles. The molecule has 3 aromatic rings. The SMILES string of the molecule is COc1ccc(C(c2ccc(OC)cc2)N2C(=O)C(NC(=O)OCC(Cl)(Cl)Cl)C2/C=C/c2ccccc2)cc1. The number of likely N-dealkylation sites (tertiary alicyclic amines) is 1. The summed E-state index contributed by atoms with van der Waals surface area (Å²) in [5.74, 6) is 1.10. The van der Waals surface area contributed by atoms with Crippen LogP contribution in [0.1, 0.15) is 22.7 Å². The van der Waals surface area contributed by atoms with Gasteiger partial charge in [0.2, 0.25) is 9.70 Å². The van der Waals surface area contributed by atoms with Crippen molar-refractivity contribution in [3.63, 3.8) is 0 Å². The maximum Gasteiger partial charge on any atom is 0.408 e. The highest BCUT2D eigenvalue weighted by Crippen LogP contribution is 2.39. The summed E-state index contributed by atoms with van der Waals surface area (Å²) in [6.45, 7) is -0.459. The van der Waals surface area contributed by atoms with E-state index >= 15 is 0 Å². The molecule has 7 nitrogen and oxygen atoms in total. The molecule has 0 radical (unpaired) electrons. The van der Waals surface area contributed by atoms with Crippen molar-refractivity contribution < 1.29 is 23.8 Å². The van der Waals surface area contributed by atoms with Gasteiger partial charge in [-0.2, -0.15) is 0 Å². The normalized spacial score (nSPS) is 17.2. The maximum atomic E-state index is 13.6. The molecule has 0 spiro atoms. The molecule has 0 bridgehead atoms. The number of alkyl carbamates (subject to hydrolysis) is 1. The van der Waals surface area contributed by atoms with E-state index in [2.05, 4.69) is 5.32 Å². The Kier molecular flexibility index (Phi) is 9.28. The molecule has 2 amide bonds. The van der Waals surface area contributed by atoms with E-state index in [4.69, 9.17) is 49.0 Å². The van der Waals surface area contributed by atoms with Crippen LogP contribution in [0.5, 0.6) is 11.5 Å². The molecule has 10 heteroatoms. The van der Waals surface area contributed by atoms with E-state index in [9.17, 15) is 9.59 Å². The highest BCUT2D eigenvalue weighted by molar-refractivity contribution is 6.67. The van der Waals surface area contributed by atoms with Gasteiger partial charge in [0.05, 0.1) is 26.3 Å². The highest BCUT2D eigenvalue weighted by atomic mass is 35.6. The Labute approximate surface area is 242 Å². The summed E-state index contributed by atoms with van der Waals surface area (Å²) in [6.07, 6.45) is 2.93. The lowest BCUT2D eigenvalue weighted by molar-refractivity contribution is -0.151. The van der Waals surface area contributed by atoms with Crippen molar-refractivity contribution in [2.45, 2.75) is 21.9 Å². The molecule has 0 aliphatic carbocycles. The Morgan fingerprint density at radius 3 is 1.95 bits per heavy atom. The second kappa shape index (κ2) is 12.6. The first-order valence-corrected chi connectivity index (χ1v) is 13.2. The monoisotopic (exact) mass is 588 g/mol. The Morgan fingerprint density at radius 1 is 0.923 bits per heavy atom. The molecule has 0 saturated carbocycles. The van der Waals surface area contributed by atoms with Crippen molar-refractivity contribution in [3.8, 4) is 11.5 Å². The zero-order chi connectivity index (χ0) is 28.0. The van der Waals surface area contributed by atoms with Crippen molar-refractivity contribution >= 4 is 52.9 Å². The summed E-state index contributed by atoms with van der Waals surface area (Å²) in [5.41, 5.74) is 2.68. The van der Waals surface area contributed by atoms with Crippen molar-refractivity contribution in [2.24, 2.45) is 0 Å². The van der Waals surface area contributed by atoms with E-state index in [1.54, 1.807) is 19.1 Å². The third-order valence-corrected chi connectivity index (χ3v) is 6.58. The lowest BCUT2D eigenvalue weighted by atomic mass is 9.86. The smallest absolute Gasteiger partial charge is 0.408 e. The highest BCUT2D eigenvalue weighted by Gasteiger charge is 2.51. The first kappa shape index (κ1) is 28.6. The van der Waals surface area contributed by atoms with Gasteiger partial charge in [-0.05, 0) is 41.0 Å². The molecular weight excluding hydrogens is 563 g/mol. The number of carbonyl (C=O) groups excluding carboxylic acids is 2. The zero-order valence-corrected chi connectivity index (χ0v) is 23.5. The Hall–Kier alpha value is -3.39. The molecule has 2 unspecified atom stereocenters. The lowest BCUT2D eigenvalue weighted by Crippen LogP contribution is -2.70. The van der Waals surface area contributed by atoms with Gasteiger partial charge in [-0.3, -0.25) is 4.79 Å². The van der Waals surface area contributed by atoms with Crippen LogP contribution in [0, 0.1) is 0 Å². The topological polar surface area (TPSA) is 77.1 Å². The molecule has 1 aliphatic rings. The van der Waals surface area contributed by atoms with Crippen LogP contribution in [-0.4, -0.2) is 53.6 Å². The van der Waals surface area contributed by atoms with E-state index < -0.39 is 34.6 Å². The van der Waals surface area contributed by atoms with E-state index in [0.717, 1.165) is 16.7 Å². The average molecular weight is 590 g/mol. The zero-order valence-electron chi connectivity index (χ0n) is 21.2. The number of methoxy groups -OCH3 is 2. The number of β-lactam (4-membered cyclic amide) rings is 1. The molecule has 3 aromatic carbocycles. The van der Waals surface area contributed by atoms with Gasteiger partial charge in [0.15, 0.2) is 0 Å². The van der Waals surface area contributed by atoms with E-state index in [0.29, 0.717) is 11.5 Å². The van der Waals surface area contributed by atoms with Gasteiger partial charge in [-0.25, -0.2) is 4.79 Å². The number of alkyl halides is 3. The number of carbonyl (C=O) groups is 2. The predicted molar refractivity (Wildman–Crippen MR) is 153 cm³/mol. The van der Waals surface area contributed by atoms with Crippen LogP contribution < -0.4 is 14.8 Å². The first-order chi connectivity index (χ1) is 18.7. The van der Waals surface area contributed by atoms with Crippen molar-refractivity contribution in [2.75, 3.05) is 20.8 Å². The van der Waals surface area contributed by atoms with E-state index in [1.807, 2.05) is 91.0 Å². The van der Waals surface area contributed by atoms with Crippen LogP contribution in [0.4, 0.5) is 4.79 Å². The second-order valence-corrected chi connectivity index (χ2v) is 11.3. The number of nitrogens with zero attached hydrogens (tertiary/aromatic N) is 1. The predicted octanol–water partition coefficient (Wildman–Crippen LogP) is 6.18. The van der Waals surface area contributed by atoms with Crippen LogP contribution in [-0.2, 0) is 9.53 Å². The minimum atomic E-state index is -1.77. The molecule has 1 saturated heterocycles. The van der Waals surface area contributed by atoms with Crippen molar-refractivity contribution in [3.05, 3.63) is 102 Å². The number of ether oxygens (including phenoxy) is 3. The largest absolute Gasteiger partial charge is 0.497 e. The third-order valence-electron chi connectivity index (χ3n) is 6.25. The van der Waals surface area contributed by atoms with E-state index in [1.165, 1.54) is 0 Å². The van der Waals surface area contributed by atoms with Gasteiger partial charge in [0, 0.05) is 0 Å². The van der Waals surface area contributed by atoms with Gasteiger partial charge >= 0.3 is 6.09 Å². The maximum absolute atomic E-state index is 13.6. The molecule has 2 atom stereocenters. The fourth-order valence-electron chi connectivity index (χ4n) is 4.36.